The number of anilines is 2. The molecule has 0 spiro atoms. The van der Waals surface area contributed by atoms with Crippen LogP contribution in [0.3, 0.4) is 0 Å². The molecular weight excluding hydrogens is 578 g/mol. The van der Waals surface area contributed by atoms with Crippen molar-refractivity contribution in [3.05, 3.63) is 46.4 Å². The lowest BCUT2D eigenvalue weighted by atomic mass is 9.95. The van der Waals surface area contributed by atoms with Crippen molar-refractivity contribution in [3.63, 3.8) is 0 Å². The summed E-state index contributed by atoms with van der Waals surface area (Å²) < 4.78 is 35.6. The molecular formula is C31H33ClF2N6O3. The highest BCUT2D eigenvalue weighted by molar-refractivity contribution is 6.37. The average molecular weight is 611 g/mol. The number of carbonyl (C=O) groups excluding carboxylic acids is 1. The lowest BCUT2D eigenvalue weighted by molar-refractivity contribution is 0.0963. The van der Waals surface area contributed by atoms with Gasteiger partial charge < -0.3 is 25.0 Å². The molecule has 1 aromatic heterocycles. The zero-order chi connectivity index (χ0) is 29.5. The van der Waals surface area contributed by atoms with Crippen LogP contribution in [0.15, 0.2) is 24.3 Å². The van der Waals surface area contributed by atoms with Crippen LogP contribution >= 0.6 is 11.6 Å². The Hall–Kier alpha value is -3.28. The minimum atomic E-state index is -0.885. The van der Waals surface area contributed by atoms with Gasteiger partial charge in [-0.25, -0.2) is 8.78 Å². The van der Waals surface area contributed by atoms with Crippen LogP contribution in [0, 0.1) is 5.82 Å². The Balaban J connectivity index is 1.19. The minimum Gasteiger partial charge on any atom is -0.505 e. The van der Waals surface area contributed by atoms with Gasteiger partial charge in [0.2, 0.25) is 0 Å². The topological polar surface area (TPSA) is 94.1 Å². The van der Waals surface area contributed by atoms with Crippen molar-refractivity contribution in [2.45, 2.75) is 62.3 Å². The van der Waals surface area contributed by atoms with Gasteiger partial charge in [-0.2, -0.15) is 9.97 Å². The van der Waals surface area contributed by atoms with Gasteiger partial charge in [-0.3, -0.25) is 9.69 Å². The number of hydrogen-bond acceptors (Lipinski definition) is 8. The van der Waals surface area contributed by atoms with E-state index in [2.05, 4.69) is 20.1 Å². The smallest absolute Gasteiger partial charge is 0.319 e. The van der Waals surface area contributed by atoms with E-state index in [0.29, 0.717) is 48.4 Å². The van der Waals surface area contributed by atoms with E-state index in [-0.39, 0.29) is 40.8 Å². The van der Waals surface area contributed by atoms with Crippen molar-refractivity contribution >= 4 is 39.8 Å². The number of aromatic nitrogens is 2. The van der Waals surface area contributed by atoms with Crippen molar-refractivity contribution in [2.24, 2.45) is 0 Å². The van der Waals surface area contributed by atoms with E-state index in [1.54, 1.807) is 12.1 Å². The number of alkyl halides is 1. The van der Waals surface area contributed by atoms with Crippen LogP contribution in [0.1, 0.15) is 48.2 Å². The van der Waals surface area contributed by atoms with E-state index in [1.807, 2.05) is 0 Å². The summed E-state index contributed by atoms with van der Waals surface area (Å²) in [6, 6.07) is 6.83. The van der Waals surface area contributed by atoms with Gasteiger partial charge in [0.05, 0.1) is 16.2 Å². The molecule has 4 saturated heterocycles. The summed E-state index contributed by atoms with van der Waals surface area (Å²) >= 11 is 6.52. The Labute approximate surface area is 252 Å². The first-order valence-corrected chi connectivity index (χ1v) is 15.5. The summed E-state index contributed by atoms with van der Waals surface area (Å²) in [4.78, 5) is 29.7. The second kappa shape index (κ2) is 10.1. The number of hydrogen-bond donors (Lipinski definition) is 2. The van der Waals surface area contributed by atoms with Crippen LogP contribution < -0.4 is 19.9 Å². The van der Waals surface area contributed by atoms with Gasteiger partial charge in [0.15, 0.2) is 11.6 Å². The van der Waals surface area contributed by atoms with Gasteiger partial charge in [0.25, 0.3) is 5.91 Å². The predicted octanol–water partition coefficient (Wildman–Crippen LogP) is 4.23. The van der Waals surface area contributed by atoms with Crippen LogP contribution in [0.2, 0.25) is 5.02 Å². The predicted molar refractivity (Wildman–Crippen MR) is 159 cm³/mol. The molecule has 6 heterocycles. The summed E-state index contributed by atoms with van der Waals surface area (Å²) in [5.74, 6) is -1.05. The van der Waals surface area contributed by atoms with E-state index in [9.17, 15) is 18.7 Å². The molecule has 12 heteroatoms. The molecule has 2 N–H and O–H groups in total. The molecule has 5 aliphatic rings. The first-order valence-electron chi connectivity index (χ1n) is 15.1. The zero-order valence-corrected chi connectivity index (χ0v) is 24.4. The molecule has 1 amide bonds. The highest BCUT2D eigenvalue weighted by Gasteiger charge is 2.49. The molecule has 3 aromatic rings. The number of nitrogens with one attached hydrogen (secondary N) is 1. The van der Waals surface area contributed by atoms with E-state index in [4.69, 9.17) is 21.3 Å². The molecule has 43 heavy (non-hydrogen) atoms. The number of phenolic OH excluding ortho intramolecular Hbond substituents is 1. The number of aromatic hydroxyl groups is 1. The van der Waals surface area contributed by atoms with E-state index in [1.165, 1.54) is 17.0 Å². The number of fused-ring (bicyclic) bond motifs is 5. The van der Waals surface area contributed by atoms with Gasteiger partial charge in [-0.1, -0.05) is 23.7 Å². The molecule has 8 rings (SSSR count). The second-order valence-electron chi connectivity index (χ2n) is 12.7. The van der Waals surface area contributed by atoms with Crippen LogP contribution in [0.5, 0.6) is 11.8 Å². The maximum atomic E-state index is 14.9. The SMILES string of the molecule is O=C1c2nc(OC[C@@]34CCCN3C[C@H](F)C4)nc(N3CC4CCC(C3)N4)c2CCN1c1cc(O)c(F)c2cccc(Cl)c12. The molecule has 4 atom stereocenters. The number of carbonyl (C=O) groups is 1. The standard InChI is InChI=1S/C31H33ClF2N6O3/c32-22-4-1-3-20-25(22)23(11-24(41)26(20)34)40-10-7-21-27(29(40)42)36-30(37-28(21)38-14-18-5-6-19(15-38)35-18)43-16-31-8-2-9-39(31)13-17(33)12-31/h1,3-4,11,17-19,35,41H,2,5-10,12-16H2/t17-,18?,19?,31+/m1/s1. The van der Waals surface area contributed by atoms with Crippen molar-refractivity contribution in [2.75, 3.05) is 49.1 Å². The van der Waals surface area contributed by atoms with E-state index in [0.717, 1.165) is 50.9 Å². The Morgan fingerprint density at radius 1 is 1.16 bits per heavy atom. The molecule has 0 aliphatic carbocycles. The summed E-state index contributed by atoms with van der Waals surface area (Å²) in [6.45, 7) is 3.33. The number of halogens is 3. The van der Waals surface area contributed by atoms with Crippen LogP contribution in [-0.4, -0.2) is 89.0 Å². The lowest BCUT2D eigenvalue weighted by Gasteiger charge is -2.37. The summed E-state index contributed by atoms with van der Waals surface area (Å²) in [7, 11) is 0. The maximum absolute atomic E-state index is 14.9. The summed E-state index contributed by atoms with van der Waals surface area (Å²) in [6.07, 6.45) is 4.02. The van der Waals surface area contributed by atoms with Crippen molar-refractivity contribution in [1.29, 1.82) is 0 Å². The maximum Gasteiger partial charge on any atom is 0.319 e. The number of piperazine rings is 1. The van der Waals surface area contributed by atoms with Crippen LogP contribution in [-0.2, 0) is 6.42 Å². The third-order valence-electron chi connectivity index (χ3n) is 10.0. The Morgan fingerprint density at radius 2 is 1.98 bits per heavy atom. The van der Waals surface area contributed by atoms with Crippen LogP contribution in [0.4, 0.5) is 20.3 Å². The number of nitrogens with zero attached hydrogens (tertiary/aromatic N) is 5. The van der Waals surface area contributed by atoms with E-state index < -0.39 is 23.6 Å². The minimum absolute atomic E-state index is 0.100. The van der Waals surface area contributed by atoms with Crippen molar-refractivity contribution < 1.29 is 23.4 Å². The average Bonchev–Trinajstić information content (AvgIpc) is 3.64. The Bertz CT molecular complexity index is 1630. The number of ether oxygens (including phenoxy) is 1. The van der Waals surface area contributed by atoms with Crippen molar-refractivity contribution in [3.8, 4) is 11.8 Å². The molecule has 0 saturated carbocycles. The molecule has 9 nitrogen and oxygen atoms in total. The summed E-state index contributed by atoms with van der Waals surface area (Å²) in [5, 5.41) is 14.8. The lowest BCUT2D eigenvalue weighted by Crippen LogP contribution is -2.52. The quantitative estimate of drug-likeness (QED) is 0.444. The largest absolute Gasteiger partial charge is 0.505 e. The Morgan fingerprint density at radius 3 is 2.79 bits per heavy atom. The molecule has 2 aromatic carbocycles. The third kappa shape index (κ3) is 4.42. The third-order valence-corrected chi connectivity index (χ3v) is 10.4. The normalized spacial score (nSPS) is 28.5. The fourth-order valence-corrected chi connectivity index (χ4v) is 8.34. The highest BCUT2D eigenvalue weighted by atomic mass is 35.5. The Kier molecular flexibility index (Phi) is 6.43. The fourth-order valence-electron chi connectivity index (χ4n) is 8.07. The number of benzene rings is 2. The number of phenols is 1. The molecule has 4 fully saturated rings. The van der Waals surface area contributed by atoms with Gasteiger partial charge in [0.1, 0.15) is 24.3 Å². The molecule has 0 radical (unpaired) electrons. The van der Waals surface area contributed by atoms with Gasteiger partial charge in [0, 0.05) is 67.1 Å². The molecule has 5 aliphatic heterocycles. The van der Waals surface area contributed by atoms with Crippen LogP contribution in [0.25, 0.3) is 10.8 Å². The number of rotatable bonds is 5. The first kappa shape index (κ1) is 27.3. The fraction of sp³-hybridized carbons (Fsp3) is 0.516. The monoisotopic (exact) mass is 610 g/mol. The first-order chi connectivity index (χ1) is 20.8. The number of amides is 1. The summed E-state index contributed by atoms with van der Waals surface area (Å²) in [5.41, 5.74) is 0.904. The van der Waals surface area contributed by atoms with E-state index >= 15 is 0 Å². The zero-order valence-electron chi connectivity index (χ0n) is 23.7. The molecule has 2 bridgehead atoms. The highest BCUT2D eigenvalue weighted by Crippen LogP contribution is 2.43. The van der Waals surface area contributed by atoms with Crippen molar-refractivity contribution in [1.82, 2.24) is 20.2 Å². The molecule has 226 valence electrons. The van der Waals surface area contributed by atoms with Gasteiger partial charge >= 0.3 is 6.01 Å². The van der Waals surface area contributed by atoms with Gasteiger partial charge in [-0.05, 0) is 44.7 Å². The second-order valence-corrected chi connectivity index (χ2v) is 13.1. The van der Waals surface area contributed by atoms with Gasteiger partial charge in [-0.15, -0.1) is 0 Å². The molecule has 2 unspecified atom stereocenters.